The topological polar surface area (TPSA) is 12.0 Å². The minimum atomic E-state index is -0.351. The molecule has 0 bridgehead atoms. The molecule has 19 heavy (non-hydrogen) atoms. The van der Waals surface area contributed by atoms with Gasteiger partial charge in [0.05, 0.1) is 5.02 Å². The van der Waals surface area contributed by atoms with Crippen LogP contribution >= 0.6 is 11.6 Å². The van der Waals surface area contributed by atoms with E-state index in [1.54, 1.807) is 12.1 Å². The number of hydrogen-bond acceptors (Lipinski definition) is 1. The Morgan fingerprint density at radius 2 is 2.11 bits per heavy atom. The van der Waals surface area contributed by atoms with Gasteiger partial charge in [-0.1, -0.05) is 44.2 Å². The molecule has 1 N–H and O–H groups in total. The lowest BCUT2D eigenvalue weighted by molar-refractivity contribution is 0.422. The molecule has 1 aliphatic carbocycles. The van der Waals surface area contributed by atoms with Crippen molar-refractivity contribution in [2.24, 2.45) is 5.92 Å². The summed E-state index contributed by atoms with van der Waals surface area (Å²) in [5.41, 5.74) is 0.936. The van der Waals surface area contributed by atoms with Gasteiger partial charge in [0.15, 0.2) is 0 Å². The van der Waals surface area contributed by atoms with Crippen molar-refractivity contribution in [1.82, 2.24) is 0 Å². The molecule has 1 fully saturated rings. The molecular weight excluding hydrogens is 261 g/mol. The number of halogens is 2. The van der Waals surface area contributed by atoms with Crippen LogP contribution in [0.25, 0.3) is 0 Å². The van der Waals surface area contributed by atoms with Crippen LogP contribution in [0.2, 0.25) is 5.02 Å². The second kappa shape index (κ2) is 7.14. The van der Waals surface area contributed by atoms with Crippen molar-refractivity contribution in [3.63, 3.8) is 0 Å². The van der Waals surface area contributed by atoms with Crippen LogP contribution in [0.15, 0.2) is 18.2 Å². The maximum atomic E-state index is 13.1. The van der Waals surface area contributed by atoms with E-state index in [0.29, 0.717) is 6.04 Å². The summed E-state index contributed by atoms with van der Waals surface area (Å²) in [7, 11) is 0. The average Bonchev–Trinajstić information content (AvgIpc) is 2.60. The Bertz CT molecular complexity index is 408. The summed E-state index contributed by atoms with van der Waals surface area (Å²) in [5, 5.41) is 3.70. The van der Waals surface area contributed by atoms with Gasteiger partial charge in [-0.25, -0.2) is 4.39 Å². The largest absolute Gasteiger partial charge is 0.382 e. The van der Waals surface area contributed by atoms with E-state index in [2.05, 4.69) is 12.2 Å². The maximum absolute atomic E-state index is 13.1. The predicted molar refractivity (Wildman–Crippen MR) is 80.3 cm³/mol. The third-order valence-corrected chi connectivity index (χ3v) is 4.37. The molecule has 2 atom stereocenters. The third-order valence-electron chi connectivity index (χ3n) is 4.08. The van der Waals surface area contributed by atoms with E-state index >= 15 is 0 Å². The van der Waals surface area contributed by atoms with Crippen LogP contribution in [0.1, 0.15) is 51.9 Å². The first-order chi connectivity index (χ1) is 9.19. The van der Waals surface area contributed by atoms with Crippen LogP contribution in [0.4, 0.5) is 10.1 Å². The lowest BCUT2D eigenvalue weighted by atomic mass is 9.95. The summed E-state index contributed by atoms with van der Waals surface area (Å²) in [6, 6.07) is 5.39. The molecule has 0 radical (unpaired) electrons. The van der Waals surface area contributed by atoms with Gasteiger partial charge < -0.3 is 5.32 Å². The van der Waals surface area contributed by atoms with Gasteiger partial charge in [-0.2, -0.15) is 0 Å². The number of nitrogens with one attached hydrogen (secondary N) is 1. The number of hydrogen-bond donors (Lipinski definition) is 1. The maximum Gasteiger partial charge on any atom is 0.141 e. The molecule has 0 spiro atoms. The summed E-state index contributed by atoms with van der Waals surface area (Å²) in [6.45, 7) is 2.27. The quantitative estimate of drug-likeness (QED) is 0.705. The number of benzene rings is 1. The van der Waals surface area contributed by atoms with Gasteiger partial charge in [-0.15, -0.1) is 0 Å². The highest BCUT2D eigenvalue weighted by molar-refractivity contribution is 6.31. The Morgan fingerprint density at radius 1 is 1.26 bits per heavy atom. The van der Waals surface area contributed by atoms with Gasteiger partial charge in [-0.3, -0.25) is 0 Å². The fourth-order valence-electron chi connectivity index (χ4n) is 3.04. The second-order valence-electron chi connectivity index (χ2n) is 5.63. The Balaban J connectivity index is 1.90. The van der Waals surface area contributed by atoms with E-state index in [9.17, 15) is 4.39 Å². The monoisotopic (exact) mass is 283 g/mol. The molecule has 2 unspecified atom stereocenters. The predicted octanol–water partition coefficient (Wildman–Crippen LogP) is 5.64. The summed E-state index contributed by atoms with van der Waals surface area (Å²) in [5.74, 6) is 0.546. The molecule has 1 aromatic carbocycles. The molecule has 3 heteroatoms. The van der Waals surface area contributed by atoms with Crippen LogP contribution < -0.4 is 5.32 Å². The van der Waals surface area contributed by atoms with Crippen molar-refractivity contribution in [3.8, 4) is 0 Å². The van der Waals surface area contributed by atoms with E-state index in [1.165, 1.54) is 51.0 Å². The fraction of sp³-hybridized carbons (Fsp3) is 0.625. The Labute approximate surface area is 120 Å². The molecule has 0 aliphatic heterocycles. The molecule has 0 heterocycles. The summed E-state index contributed by atoms with van der Waals surface area (Å²) in [4.78, 5) is 0. The van der Waals surface area contributed by atoms with Crippen LogP contribution in [0.5, 0.6) is 0 Å². The fourth-order valence-corrected chi connectivity index (χ4v) is 3.22. The molecule has 0 amide bonds. The van der Waals surface area contributed by atoms with Crippen LogP contribution in [-0.2, 0) is 0 Å². The summed E-state index contributed by atoms with van der Waals surface area (Å²) < 4.78 is 13.1. The zero-order chi connectivity index (χ0) is 13.7. The molecule has 0 saturated heterocycles. The van der Waals surface area contributed by atoms with Crippen molar-refractivity contribution >= 4 is 17.3 Å². The first-order valence-electron chi connectivity index (χ1n) is 7.40. The number of rotatable bonds is 4. The lowest BCUT2D eigenvalue weighted by Crippen LogP contribution is -2.18. The standard InChI is InChI=1S/C16H23ClFN/c1-2-4-12-5-3-6-13(8-7-12)19-14-9-10-16(18)15(17)11-14/h9-13,19H,2-8H2,1H3. The van der Waals surface area contributed by atoms with Gasteiger partial charge in [0.2, 0.25) is 0 Å². The Kier molecular flexibility index (Phi) is 5.50. The normalized spacial score (nSPS) is 23.9. The zero-order valence-corrected chi connectivity index (χ0v) is 12.3. The van der Waals surface area contributed by atoms with Crippen molar-refractivity contribution < 1.29 is 4.39 Å². The lowest BCUT2D eigenvalue weighted by Gasteiger charge is -2.18. The van der Waals surface area contributed by atoms with E-state index in [-0.39, 0.29) is 10.8 Å². The summed E-state index contributed by atoms with van der Waals surface area (Å²) >= 11 is 5.81. The molecule has 106 valence electrons. The highest BCUT2D eigenvalue weighted by Gasteiger charge is 2.18. The first kappa shape index (κ1) is 14.6. The van der Waals surface area contributed by atoms with Crippen LogP contribution in [-0.4, -0.2) is 6.04 Å². The van der Waals surface area contributed by atoms with Crippen molar-refractivity contribution in [3.05, 3.63) is 29.0 Å². The third kappa shape index (κ3) is 4.38. The molecule has 1 aromatic rings. The average molecular weight is 284 g/mol. The van der Waals surface area contributed by atoms with Gasteiger partial charge in [0.25, 0.3) is 0 Å². The SMILES string of the molecule is CCCC1CCCC(Nc2ccc(F)c(Cl)c2)CC1. The van der Waals surface area contributed by atoms with Gasteiger partial charge >= 0.3 is 0 Å². The molecular formula is C16H23ClFN. The smallest absolute Gasteiger partial charge is 0.141 e. The van der Waals surface area contributed by atoms with E-state index < -0.39 is 0 Å². The van der Waals surface area contributed by atoms with E-state index in [4.69, 9.17) is 11.6 Å². The van der Waals surface area contributed by atoms with Gasteiger partial charge in [0, 0.05) is 11.7 Å². The molecule has 1 nitrogen and oxygen atoms in total. The molecule has 2 rings (SSSR count). The van der Waals surface area contributed by atoms with Crippen molar-refractivity contribution in [1.29, 1.82) is 0 Å². The van der Waals surface area contributed by atoms with Crippen molar-refractivity contribution in [2.45, 2.75) is 57.9 Å². The van der Waals surface area contributed by atoms with Crippen LogP contribution in [0, 0.1) is 11.7 Å². The first-order valence-corrected chi connectivity index (χ1v) is 7.78. The molecule has 1 aliphatic rings. The van der Waals surface area contributed by atoms with Gasteiger partial charge in [0.1, 0.15) is 5.82 Å². The second-order valence-corrected chi connectivity index (χ2v) is 6.04. The van der Waals surface area contributed by atoms with Crippen LogP contribution in [0.3, 0.4) is 0 Å². The Morgan fingerprint density at radius 3 is 2.84 bits per heavy atom. The van der Waals surface area contributed by atoms with E-state index in [0.717, 1.165) is 11.6 Å². The zero-order valence-electron chi connectivity index (χ0n) is 11.6. The highest BCUT2D eigenvalue weighted by atomic mass is 35.5. The molecule has 1 saturated carbocycles. The minimum Gasteiger partial charge on any atom is -0.382 e. The number of anilines is 1. The highest BCUT2D eigenvalue weighted by Crippen LogP contribution is 2.29. The minimum absolute atomic E-state index is 0.197. The van der Waals surface area contributed by atoms with Crippen molar-refractivity contribution in [2.75, 3.05) is 5.32 Å². The van der Waals surface area contributed by atoms with E-state index in [1.807, 2.05) is 0 Å². The Hall–Kier alpha value is -0.760. The summed E-state index contributed by atoms with van der Waals surface area (Å²) in [6.07, 6.45) is 9.01. The molecule has 0 aromatic heterocycles. The van der Waals surface area contributed by atoms with Gasteiger partial charge in [-0.05, 0) is 43.4 Å².